The summed E-state index contributed by atoms with van der Waals surface area (Å²) >= 11 is 0. The third-order valence-electron chi connectivity index (χ3n) is 3.54. The van der Waals surface area contributed by atoms with E-state index >= 15 is 0 Å². The van der Waals surface area contributed by atoms with Crippen LogP contribution in [0, 0.1) is 0 Å². The van der Waals surface area contributed by atoms with Crippen molar-refractivity contribution in [3.8, 4) is 28.7 Å². The fourth-order valence-corrected chi connectivity index (χ4v) is 2.29. The summed E-state index contributed by atoms with van der Waals surface area (Å²) in [5.41, 5.74) is -0.230. The lowest BCUT2D eigenvalue weighted by atomic mass is 10.1. The Morgan fingerprint density at radius 3 is 1.68 bits per heavy atom. The molecule has 0 aromatic heterocycles. The van der Waals surface area contributed by atoms with Gasteiger partial charge in [0.05, 0.1) is 28.4 Å². The molecule has 5 nitrogen and oxygen atoms in total. The molecule has 0 radical (unpaired) electrons. The molecule has 0 amide bonds. The van der Waals surface area contributed by atoms with Crippen molar-refractivity contribution in [2.75, 3.05) is 28.4 Å². The molecule has 0 saturated heterocycles. The molecule has 2 aromatic rings. The second kappa shape index (κ2) is 7.74. The molecule has 0 bridgehead atoms. The molecule has 0 spiro atoms. The van der Waals surface area contributed by atoms with Crippen LogP contribution >= 0.6 is 0 Å². The van der Waals surface area contributed by atoms with Gasteiger partial charge in [0, 0.05) is 11.1 Å². The van der Waals surface area contributed by atoms with Crippen LogP contribution in [0.25, 0.3) is 11.7 Å². The van der Waals surface area contributed by atoms with Crippen LogP contribution in [-0.4, -0.2) is 33.5 Å². The molecular weight excluding hydrogens is 334 g/mol. The summed E-state index contributed by atoms with van der Waals surface area (Å²) in [5.74, 6) is -1.77. The smallest absolute Gasteiger partial charge is 0.203 e. The zero-order valence-electron chi connectivity index (χ0n) is 14.2. The van der Waals surface area contributed by atoms with Gasteiger partial charge in [-0.1, -0.05) is 0 Å². The monoisotopic (exact) mass is 352 g/mol. The van der Waals surface area contributed by atoms with Crippen LogP contribution in [0.15, 0.2) is 30.3 Å². The Hall–Kier alpha value is -2.96. The van der Waals surface area contributed by atoms with E-state index in [2.05, 4.69) is 0 Å². The van der Waals surface area contributed by atoms with Gasteiger partial charge in [-0.3, -0.25) is 0 Å². The summed E-state index contributed by atoms with van der Waals surface area (Å²) in [6, 6.07) is 6.29. The first-order valence-electron chi connectivity index (χ1n) is 7.19. The van der Waals surface area contributed by atoms with E-state index in [-0.39, 0.29) is 39.9 Å². The topological polar surface area (TPSA) is 57.2 Å². The van der Waals surface area contributed by atoms with Crippen molar-refractivity contribution >= 4 is 11.7 Å². The minimum Gasteiger partial charge on any atom is -0.504 e. The fourth-order valence-electron chi connectivity index (χ4n) is 2.29. The maximum Gasteiger partial charge on any atom is 0.203 e. The number of benzene rings is 2. The van der Waals surface area contributed by atoms with Crippen LogP contribution in [0.3, 0.4) is 0 Å². The highest BCUT2D eigenvalue weighted by atomic mass is 19.2. The number of phenolic OH excluding ortho intramolecular Hbond substituents is 1. The molecule has 2 rings (SSSR count). The van der Waals surface area contributed by atoms with Crippen molar-refractivity contribution in [3.05, 3.63) is 41.5 Å². The van der Waals surface area contributed by atoms with Crippen molar-refractivity contribution in [2.45, 2.75) is 0 Å². The van der Waals surface area contributed by atoms with Crippen LogP contribution in [-0.2, 0) is 0 Å². The van der Waals surface area contributed by atoms with Gasteiger partial charge in [-0.2, -0.15) is 0 Å². The standard InChI is InChI=1S/C18H18F2O5/c1-22-13-6-5-10(7-12(13)21)16(19)17(20)11-8-14(23-2)18(25-4)15(9-11)24-3/h5-9,21H,1-4H3. The highest BCUT2D eigenvalue weighted by molar-refractivity contribution is 5.85. The summed E-state index contributed by atoms with van der Waals surface area (Å²) < 4.78 is 49.5. The molecule has 0 atom stereocenters. The second-order valence-corrected chi connectivity index (χ2v) is 4.93. The highest BCUT2D eigenvalue weighted by Gasteiger charge is 2.19. The second-order valence-electron chi connectivity index (χ2n) is 4.93. The Labute approximate surface area is 144 Å². The Morgan fingerprint density at radius 2 is 1.24 bits per heavy atom. The van der Waals surface area contributed by atoms with Crippen LogP contribution in [0.2, 0.25) is 0 Å². The largest absolute Gasteiger partial charge is 0.504 e. The third kappa shape index (κ3) is 3.60. The number of halogens is 2. The average Bonchev–Trinajstić information content (AvgIpc) is 2.65. The minimum atomic E-state index is -1.15. The van der Waals surface area contributed by atoms with Gasteiger partial charge < -0.3 is 24.1 Å². The minimum absolute atomic E-state index is 0.0951. The molecule has 0 aliphatic rings. The number of rotatable bonds is 6. The van der Waals surface area contributed by atoms with E-state index in [9.17, 15) is 13.9 Å². The molecule has 1 N–H and O–H groups in total. The molecule has 0 fully saturated rings. The van der Waals surface area contributed by atoms with Gasteiger partial charge in [0.2, 0.25) is 5.75 Å². The van der Waals surface area contributed by atoms with Crippen molar-refractivity contribution in [2.24, 2.45) is 0 Å². The van der Waals surface area contributed by atoms with E-state index < -0.39 is 11.7 Å². The van der Waals surface area contributed by atoms with E-state index in [1.165, 1.54) is 52.7 Å². The Morgan fingerprint density at radius 1 is 0.720 bits per heavy atom. The van der Waals surface area contributed by atoms with Gasteiger partial charge in [0.1, 0.15) is 0 Å². The van der Waals surface area contributed by atoms with Crippen LogP contribution in [0.1, 0.15) is 11.1 Å². The number of hydrogen-bond acceptors (Lipinski definition) is 5. The molecule has 0 aliphatic heterocycles. The van der Waals surface area contributed by atoms with Crippen LogP contribution in [0.5, 0.6) is 28.7 Å². The van der Waals surface area contributed by atoms with E-state index in [0.717, 1.165) is 6.07 Å². The van der Waals surface area contributed by atoms with Crippen molar-refractivity contribution in [1.82, 2.24) is 0 Å². The quantitative estimate of drug-likeness (QED) is 0.790. The van der Waals surface area contributed by atoms with Crippen LogP contribution < -0.4 is 18.9 Å². The molecule has 2 aromatic carbocycles. The van der Waals surface area contributed by atoms with Gasteiger partial charge in [-0.15, -0.1) is 0 Å². The summed E-state index contributed by atoms with van der Waals surface area (Å²) in [7, 11) is 5.52. The van der Waals surface area contributed by atoms with E-state index in [1.54, 1.807) is 0 Å². The number of hydrogen-bond donors (Lipinski definition) is 1. The lowest BCUT2D eigenvalue weighted by Crippen LogP contribution is -1.96. The van der Waals surface area contributed by atoms with Gasteiger partial charge in [-0.05, 0) is 30.3 Å². The molecule has 0 aliphatic carbocycles. The van der Waals surface area contributed by atoms with Gasteiger partial charge >= 0.3 is 0 Å². The van der Waals surface area contributed by atoms with Gasteiger partial charge in [0.15, 0.2) is 34.7 Å². The lowest BCUT2D eigenvalue weighted by Gasteiger charge is -2.14. The molecule has 0 saturated carbocycles. The SMILES string of the molecule is COc1ccc(C(F)=C(F)c2cc(OC)c(OC)c(OC)c2)cc1O. The third-order valence-corrected chi connectivity index (χ3v) is 3.54. The zero-order chi connectivity index (χ0) is 18.6. The van der Waals surface area contributed by atoms with E-state index in [0.29, 0.717) is 0 Å². The summed E-state index contributed by atoms with van der Waals surface area (Å²) in [5, 5.41) is 9.73. The molecule has 7 heteroatoms. The zero-order valence-corrected chi connectivity index (χ0v) is 14.2. The number of phenols is 1. The molecule has 0 unspecified atom stereocenters. The number of aromatic hydroxyl groups is 1. The number of methoxy groups -OCH3 is 4. The Bertz CT molecular complexity index is 777. The van der Waals surface area contributed by atoms with Crippen molar-refractivity contribution in [3.63, 3.8) is 0 Å². The average molecular weight is 352 g/mol. The first-order chi connectivity index (χ1) is 12.0. The summed E-state index contributed by atoms with van der Waals surface area (Å²) in [4.78, 5) is 0. The molecular formula is C18H18F2O5. The van der Waals surface area contributed by atoms with Gasteiger partial charge in [-0.25, -0.2) is 8.78 Å². The first-order valence-corrected chi connectivity index (χ1v) is 7.19. The van der Waals surface area contributed by atoms with Crippen molar-refractivity contribution < 1.29 is 32.8 Å². The predicted molar refractivity (Wildman–Crippen MR) is 89.8 cm³/mol. The van der Waals surface area contributed by atoms with Crippen LogP contribution in [0.4, 0.5) is 8.78 Å². The number of ether oxygens (including phenoxy) is 4. The predicted octanol–water partition coefficient (Wildman–Crippen LogP) is 4.19. The van der Waals surface area contributed by atoms with E-state index in [1.807, 2.05) is 0 Å². The first kappa shape index (κ1) is 18.4. The lowest BCUT2D eigenvalue weighted by molar-refractivity contribution is 0.324. The molecule has 134 valence electrons. The Balaban J connectivity index is 2.56. The Kier molecular flexibility index (Phi) is 5.69. The normalized spacial score (nSPS) is 11.6. The molecule has 0 heterocycles. The summed E-state index contributed by atoms with van der Waals surface area (Å²) in [6.45, 7) is 0. The summed E-state index contributed by atoms with van der Waals surface area (Å²) in [6.07, 6.45) is 0. The van der Waals surface area contributed by atoms with Gasteiger partial charge in [0.25, 0.3) is 0 Å². The maximum absolute atomic E-state index is 14.6. The van der Waals surface area contributed by atoms with E-state index in [4.69, 9.17) is 18.9 Å². The fraction of sp³-hybridized carbons (Fsp3) is 0.222. The van der Waals surface area contributed by atoms with Crippen molar-refractivity contribution in [1.29, 1.82) is 0 Å². The maximum atomic E-state index is 14.6. The highest BCUT2D eigenvalue weighted by Crippen LogP contribution is 2.42. The molecule has 25 heavy (non-hydrogen) atoms.